The highest BCUT2D eigenvalue weighted by Gasteiger charge is 2.32. The van der Waals surface area contributed by atoms with Crippen LogP contribution in [0.3, 0.4) is 0 Å². The number of likely N-dealkylation sites (N-methyl/N-ethyl adjacent to an activating group) is 1. The van der Waals surface area contributed by atoms with E-state index in [1.54, 1.807) is 19.2 Å². The quantitative estimate of drug-likeness (QED) is 0.737. The summed E-state index contributed by atoms with van der Waals surface area (Å²) in [4.78, 5) is 34.6. The molecule has 2 aromatic heterocycles. The number of primary amides is 1. The number of fused-ring (bicyclic) bond motifs is 1. The number of aromatic amines is 1. The highest BCUT2D eigenvalue weighted by atomic mass is 16.5. The fourth-order valence-corrected chi connectivity index (χ4v) is 5.31. The second-order valence-corrected chi connectivity index (χ2v) is 10.3. The van der Waals surface area contributed by atoms with Gasteiger partial charge in [0, 0.05) is 49.8 Å². The summed E-state index contributed by atoms with van der Waals surface area (Å²) in [6.45, 7) is 7.40. The van der Waals surface area contributed by atoms with Gasteiger partial charge in [0.15, 0.2) is 5.43 Å². The van der Waals surface area contributed by atoms with E-state index in [9.17, 15) is 9.59 Å². The number of carbonyl (C=O) groups is 1. The van der Waals surface area contributed by atoms with Crippen LogP contribution in [0.1, 0.15) is 62.6 Å². The first-order valence-electron chi connectivity index (χ1n) is 11.6. The zero-order chi connectivity index (χ0) is 23.9. The lowest BCUT2D eigenvalue weighted by Gasteiger charge is -2.40. The molecule has 2 aliphatic rings. The molecular weight excluding hydrogens is 416 g/mol. The number of hydrogen-bond donors (Lipinski definition) is 2. The Morgan fingerprint density at radius 2 is 1.94 bits per heavy atom. The molecule has 3 N–H and O–H groups in total. The van der Waals surface area contributed by atoms with Gasteiger partial charge in [-0.05, 0) is 54.9 Å². The van der Waals surface area contributed by atoms with Crippen molar-refractivity contribution in [2.24, 2.45) is 17.1 Å². The summed E-state index contributed by atoms with van der Waals surface area (Å²) in [5, 5.41) is 0.242. The summed E-state index contributed by atoms with van der Waals surface area (Å²) in [5.74, 6) is -0.293. The van der Waals surface area contributed by atoms with Crippen molar-refractivity contribution in [2.45, 2.75) is 52.6 Å². The van der Waals surface area contributed by atoms with Gasteiger partial charge in [0.2, 0.25) is 0 Å². The molecule has 4 rings (SSSR count). The Labute approximate surface area is 194 Å². The van der Waals surface area contributed by atoms with Crippen molar-refractivity contribution in [1.29, 1.82) is 0 Å². The molecule has 3 heterocycles. The predicted octanol–water partition coefficient (Wildman–Crippen LogP) is 3.86. The minimum atomic E-state index is -0.705. The molecule has 176 valence electrons. The van der Waals surface area contributed by atoms with Gasteiger partial charge in [0.25, 0.3) is 5.91 Å². The Morgan fingerprint density at radius 3 is 2.55 bits per heavy atom. The fraction of sp³-hybridized carbons (Fsp3) is 0.500. The number of H-pyrrole nitrogens is 1. The molecule has 1 aliphatic carbocycles. The van der Waals surface area contributed by atoms with E-state index in [0.717, 1.165) is 37.0 Å². The van der Waals surface area contributed by atoms with E-state index >= 15 is 0 Å². The van der Waals surface area contributed by atoms with Gasteiger partial charge in [-0.2, -0.15) is 0 Å². The molecule has 0 spiro atoms. The number of methoxy groups -OCH3 is 1. The molecule has 1 amide bonds. The third kappa shape index (κ3) is 4.47. The number of ether oxygens (including phenoxy) is 1. The molecule has 0 radical (unpaired) electrons. The zero-order valence-corrected chi connectivity index (χ0v) is 20.2. The maximum atomic E-state index is 13.1. The smallest absolute Gasteiger partial charge is 0.268 e. The Morgan fingerprint density at radius 1 is 1.24 bits per heavy atom. The van der Waals surface area contributed by atoms with Crippen molar-refractivity contribution in [3.63, 3.8) is 0 Å². The minimum absolute atomic E-state index is 0.00284. The van der Waals surface area contributed by atoms with Crippen molar-refractivity contribution in [2.75, 3.05) is 20.7 Å². The largest absolute Gasteiger partial charge is 0.381 e. The first kappa shape index (κ1) is 23.2. The summed E-state index contributed by atoms with van der Waals surface area (Å²) in [6, 6.07) is 3.32. The third-order valence-corrected chi connectivity index (χ3v) is 6.96. The van der Waals surface area contributed by atoms with Crippen LogP contribution in [0.5, 0.6) is 0 Å². The van der Waals surface area contributed by atoms with Crippen molar-refractivity contribution in [3.05, 3.63) is 57.3 Å². The van der Waals surface area contributed by atoms with E-state index < -0.39 is 5.91 Å². The molecule has 0 bridgehead atoms. The van der Waals surface area contributed by atoms with Gasteiger partial charge in [-0.3, -0.25) is 14.6 Å². The van der Waals surface area contributed by atoms with E-state index in [2.05, 4.69) is 48.8 Å². The number of amides is 1. The summed E-state index contributed by atoms with van der Waals surface area (Å²) in [5.41, 5.74) is 10.3. The number of aromatic nitrogens is 2. The zero-order valence-electron chi connectivity index (χ0n) is 20.2. The normalized spacial score (nSPS) is 22.0. The minimum Gasteiger partial charge on any atom is -0.381 e. The van der Waals surface area contributed by atoms with Gasteiger partial charge in [0.05, 0.1) is 17.0 Å². The second-order valence-electron chi connectivity index (χ2n) is 10.3. The van der Waals surface area contributed by atoms with Crippen LogP contribution < -0.4 is 11.2 Å². The molecule has 0 aromatic carbocycles. The SMILES string of the molecule is COC1CCC(C2=C(c3cc(=O)c4c(C(N)=O)nccc4[nH]3)CN(C)C(C(C)(C)C)=C2)CC1. The van der Waals surface area contributed by atoms with Crippen LogP contribution in [0.15, 0.2) is 40.5 Å². The van der Waals surface area contributed by atoms with E-state index in [1.165, 1.54) is 17.5 Å². The molecule has 7 heteroatoms. The lowest BCUT2D eigenvalue weighted by molar-refractivity contribution is 0.0617. The summed E-state index contributed by atoms with van der Waals surface area (Å²) in [6.07, 6.45) is 8.35. The number of carbonyl (C=O) groups excluding carboxylic acids is 1. The van der Waals surface area contributed by atoms with Gasteiger partial charge >= 0.3 is 0 Å². The lowest BCUT2D eigenvalue weighted by atomic mass is 9.76. The van der Waals surface area contributed by atoms with Crippen molar-refractivity contribution in [3.8, 4) is 0 Å². The topological polar surface area (TPSA) is 101 Å². The maximum Gasteiger partial charge on any atom is 0.268 e. The Kier molecular flexibility index (Phi) is 6.18. The highest BCUT2D eigenvalue weighted by molar-refractivity contribution is 6.03. The number of hydrogen-bond acceptors (Lipinski definition) is 5. The number of nitrogens with zero attached hydrogens (tertiary/aromatic N) is 2. The number of rotatable bonds is 4. The Bertz CT molecular complexity index is 1190. The Balaban J connectivity index is 1.89. The molecule has 1 aliphatic heterocycles. The van der Waals surface area contributed by atoms with Gasteiger partial charge in [-0.1, -0.05) is 20.8 Å². The van der Waals surface area contributed by atoms with Crippen LogP contribution in [-0.4, -0.2) is 47.6 Å². The summed E-state index contributed by atoms with van der Waals surface area (Å²) >= 11 is 0. The van der Waals surface area contributed by atoms with E-state index in [4.69, 9.17) is 10.5 Å². The first-order valence-corrected chi connectivity index (χ1v) is 11.6. The van der Waals surface area contributed by atoms with Gasteiger partial charge in [-0.25, -0.2) is 0 Å². The molecule has 33 heavy (non-hydrogen) atoms. The van der Waals surface area contributed by atoms with E-state index in [-0.39, 0.29) is 21.9 Å². The fourth-order valence-electron chi connectivity index (χ4n) is 5.31. The average Bonchev–Trinajstić information content (AvgIpc) is 2.77. The molecule has 0 unspecified atom stereocenters. The Hall–Kier alpha value is -2.93. The third-order valence-electron chi connectivity index (χ3n) is 6.96. The predicted molar refractivity (Wildman–Crippen MR) is 131 cm³/mol. The van der Waals surface area contributed by atoms with Crippen LogP contribution in [0.4, 0.5) is 0 Å². The summed E-state index contributed by atoms with van der Waals surface area (Å²) < 4.78 is 5.59. The molecule has 1 saturated carbocycles. The average molecular weight is 451 g/mol. The van der Waals surface area contributed by atoms with Crippen molar-refractivity contribution >= 4 is 22.4 Å². The molecule has 0 saturated heterocycles. The van der Waals surface area contributed by atoms with Crippen molar-refractivity contribution < 1.29 is 9.53 Å². The molecular formula is C26H34N4O3. The highest BCUT2D eigenvalue weighted by Crippen LogP contribution is 2.42. The first-order chi connectivity index (χ1) is 15.6. The van der Waals surface area contributed by atoms with Crippen LogP contribution >= 0.6 is 0 Å². The van der Waals surface area contributed by atoms with Gasteiger partial charge in [-0.15, -0.1) is 0 Å². The number of pyridine rings is 2. The molecule has 2 aromatic rings. The van der Waals surface area contributed by atoms with Crippen LogP contribution in [0.2, 0.25) is 0 Å². The van der Waals surface area contributed by atoms with Crippen molar-refractivity contribution in [1.82, 2.24) is 14.9 Å². The monoisotopic (exact) mass is 450 g/mol. The number of nitrogens with one attached hydrogen (secondary N) is 1. The lowest BCUT2D eigenvalue weighted by Crippen LogP contribution is -2.33. The van der Waals surface area contributed by atoms with E-state index in [0.29, 0.717) is 24.1 Å². The molecule has 7 nitrogen and oxygen atoms in total. The van der Waals surface area contributed by atoms with E-state index in [1.807, 2.05) is 0 Å². The molecule has 0 atom stereocenters. The van der Waals surface area contributed by atoms with Gasteiger partial charge in [0.1, 0.15) is 5.69 Å². The molecule has 1 fully saturated rings. The second kappa shape index (κ2) is 8.78. The summed E-state index contributed by atoms with van der Waals surface area (Å²) in [7, 11) is 3.89. The van der Waals surface area contributed by atoms with Crippen LogP contribution in [0.25, 0.3) is 16.5 Å². The number of nitrogens with two attached hydrogens (primary N) is 1. The van der Waals surface area contributed by atoms with Crippen LogP contribution in [0, 0.1) is 11.3 Å². The van der Waals surface area contributed by atoms with Gasteiger partial charge < -0.3 is 20.4 Å². The standard InChI is InChI=1S/C26H34N4O3/c1-26(2,3)22-12-17(15-6-8-16(33-5)9-7-15)18(14-30(22)4)20-13-21(31)23-19(29-20)10-11-28-24(23)25(27)32/h10-13,15-16H,6-9,14H2,1-5H3,(H2,27,32)(H,29,31). The maximum absolute atomic E-state index is 13.1. The van der Waals surface area contributed by atoms with Crippen LogP contribution in [-0.2, 0) is 4.74 Å². The number of allylic oxidation sites excluding steroid dienone is 3.